The molecule has 0 saturated carbocycles. The fourth-order valence-electron chi connectivity index (χ4n) is 3.58. The van der Waals surface area contributed by atoms with Gasteiger partial charge in [-0.05, 0) is 51.1 Å². The third-order valence-electron chi connectivity index (χ3n) is 5.68. The van der Waals surface area contributed by atoms with Gasteiger partial charge >= 0.3 is 0 Å². The molecule has 0 aliphatic carbocycles. The number of non-ortho nitro benzene ring substituents is 1. The molecule has 2 aromatic carbocycles. The largest absolute Gasteiger partial charge is 0.456 e. The van der Waals surface area contributed by atoms with E-state index in [4.69, 9.17) is 4.42 Å². The van der Waals surface area contributed by atoms with Crippen LogP contribution in [0.1, 0.15) is 26.3 Å². The van der Waals surface area contributed by atoms with E-state index in [1.54, 1.807) is 12.1 Å². The van der Waals surface area contributed by atoms with Crippen LogP contribution in [0.4, 0.5) is 5.69 Å². The SMILES string of the molecule is CC[N+](CC)(CC)Cc1ccc2oc(-c3ccc([N+](=O)[O-])cc3)cc(=O)c2c1. The first-order chi connectivity index (χ1) is 13.4. The third-order valence-corrected chi connectivity index (χ3v) is 5.68. The first-order valence-electron chi connectivity index (χ1n) is 9.58. The molecular weight excluding hydrogens is 356 g/mol. The van der Waals surface area contributed by atoms with Crippen LogP contribution in [0.15, 0.2) is 57.7 Å². The zero-order valence-corrected chi connectivity index (χ0v) is 16.5. The van der Waals surface area contributed by atoms with E-state index >= 15 is 0 Å². The Kier molecular flexibility index (Phi) is 5.61. The topological polar surface area (TPSA) is 73.3 Å². The normalized spacial score (nSPS) is 11.7. The van der Waals surface area contributed by atoms with Gasteiger partial charge in [-0.3, -0.25) is 14.9 Å². The molecule has 0 spiro atoms. The van der Waals surface area contributed by atoms with Gasteiger partial charge in [0.25, 0.3) is 5.69 Å². The number of rotatable bonds is 7. The first-order valence-corrected chi connectivity index (χ1v) is 9.58. The molecule has 6 heteroatoms. The van der Waals surface area contributed by atoms with Crippen molar-refractivity contribution in [3.63, 3.8) is 0 Å². The number of nitro benzene ring substituents is 1. The second-order valence-corrected chi connectivity index (χ2v) is 7.06. The summed E-state index contributed by atoms with van der Waals surface area (Å²) in [6.07, 6.45) is 0. The van der Waals surface area contributed by atoms with E-state index in [0.717, 1.165) is 36.2 Å². The molecule has 28 heavy (non-hydrogen) atoms. The van der Waals surface area contributed by atoms with Gasteiger partial charge in [-0.15, -0.1) is 0 Å². The maximum atomic E-state index is 12.7. The molecular formula is C22H25N2O4+. The number of hydrogen-bond donors (Lipinski definition) is 0. The van der Waals surface area contributed by atoms with Crippen molar-refractivity contribution in [2.75, 3.05) is 19.6 Å². The summed E-state index contributed by atoms with van der Waals surface area (Å²) in [6, 6.07) is 13.2. The van der Waals surface area contributed by atoms with Gasteiger partial charge in [-0.2, -0.15) is 0 Å². The summed E-state index contributed by atoms with van der Waals surface area (Å²) in [5, 5.41) is 11.4. The lowest BCUT2D eigenvalue weighted by molar-refractivity contribution is -0.936. The van der Waals surface area contributed by atoms with Crippen LogP contribution in [0.3, 0.4) is 0 Å². The number of nitro groups is 1. The lowest BCUT2D eigenvalue weighted by Crippen LogP contribution is -2.46. The van der Waals surface area contributed by atoms with Gasteiger partial charge in [0.15, 0.2) is 5.43 Å². The molecule has 0 N–H and O–H groups in total. The average molecular weight is 381 g/mol. The number of fused-ring (bicyclic) bond motifs is 1. The maximum absolute atomic E-state index is 12.7. The van der Waals surface area contributed by atoms with Gasteiger partial charge in [-0.1, -0.05) is 0 Å². The van der Waals surface area contributed by atoms with E-state index in [9.17, 15) is 14.9 Å². The zero-order chi connectivity index (χ0) is 20.3. The van der Waals surface area contributed by atoms with Crippen LogP contribution in [-0.4, -0.2) is 29.0 Å². The Labute approximate surface area is 163 Å². The van der Waals surface area contributed by atoms with Gasteiger partial charge in [-0.25, -0.2) is 0 Å². The van der Waals surface area contributed by atoms with Crippen molar-refractivity contribution in [2.24, 2.45) is 0 Å². The van der Waals surface area contributed by atoms with Crippen LogP contribution in [-0.2, 0) is 6.54 Å². The molecule has 0 bridgehead atoms. The number of nitrogens with zero attached hydrogens (tertiary/aromatic N) is 2. The predicted molar refractivity (Wildman–Crippen MR) is 110 cm³/mol. The Bertz CT molecular complexity index is 1040. The Hall–Kier alpha value is -2.99. The van der Waals surface area contributed by atoms with E-state index in [1.165, 1.54) is 18.2 Å². The minimum absolute atomic E-state index is 0.000841. The molecule has 3 rings (SSSR count). The molecule has 0 unspecified atom stereocenters. The zero-order valence-electron chi connectivity index (χ0n) is 16.5. The van der Waals surface area contributed by atoms with E-state index in [-0.39, 0.29) is 11.1 Å². The van der Waals surface area contributed by atoms with Crippen molar-refractivity contribution >= 4 is 16.7 Å². The molecule has 1 aromatic heterocycles. The van der Waals surface area contributed by atoms with Gasteiger partial charge in [0.05, 0.1) is 29.9 Å². The van der Waals surface area contributed by atoms with Crippen LogP contribution in [0.25, 0.3) is 22.3 Å². The Balaban J connectivity index is 1.99. The number of quaternary nitrogens is 1. The van der Waals surface area contributed by atoms with E-state index in [0.29, 0.717) is 22.3 Å². The third kappa shape index (κ3) is 3.82. The van der Waals surface area contributed by atoms with Gasteiger partial charge in [0, 0.05) is 29.3 Å². The average Bonchev–Trinajstić information content (AvgIpc) is 2.72. The summed E-state index contributed by atoms with van der Waals surface area (Å²) in [6.45, 7) is 10.6. The second kappa shape index (κ2) is 7.94. The molecule has 6 nitrogen and oxygen atoms in total. The second-order valence-electron chi connectivity index (χ2n) is 7.06. The highest BCUT2D eigenvalue weighted by atomic mass is 16.6. The molecule has 0 atom stereocenters. The van der Waals surface area contributed by atoms with Gasteiger partial charge in [0.2, 0.25) is 0 Å². The Morgan fingerprint density at radius 3 is 2.18 bits per heavy atom. The maximum Gasteiger partial charge on any atom is 0.269 e. The Morgan fingerprint density at radius 1 is 0.964 bits per heavy atom. The van der Waals surface area contributed by atoms with Crippen molar-refractivity contribution in [2.45, 2.75) is 27.3 Å². The fourth-order valence-corrected chi connectivity index (χ4v) is 3.58. The summed E-state index contributed by atoms with van der Waals surface area (Å²) in [4.78, 5) is 23.1. The molecule has 0 amide bonds. The molecule has 3 aromatic rings. The molecule has 1 heterocycles. The summed E-state index contributed by atoms with van der Waals surface area (Å²) >= 11 is 0. The van der Waals surface area contributed by atoms with E-state index in [1.807, 2.05) is 18.2 Å². The highest BCUT2D eigenvalue weighted by Crippen LogP contribution is 2.25. The van der Waals surface area contributed by atoms with Crippen LogP contribution in [0.2, 0.25) is 0 Å². The predicted octanol–water partition coefficient (Wildman–Crippen LogP) is 4.74. The monoisotopic (exact) mass is 381 g/mol. The van der Waals surface area contributed by atoms with Crippen molar-refractivity contribution in [3.05, 3.63) is 74.4 Å². The van der Waals surface area contributed by atoms with Crippen LogP contribution in [0, 0.1) is 10.1 Å². The fraction of sp³-hybridized carbons (Fsp3) is 0.318. The quantitative estimate of drug-likeness (QED) is 0.336. The first kappa shape index (κ1) is 19.8. The molecule has 0 aliphatic rings. The number of benzene rings is 2. The molecule has 0 aliphatic heterocycles. The number of hydrogen-bond acceptors (Lipinski definition) is 4. The molecule has 146 valence electrons. The van der Waals surface area contributed by atoms with Crippen LogP contribution in [0.5, 0.6) is 0 Å². The van der Waals surface area contributed by atoms with Crippen LogP contribution < -0.4 is 5.43 Å². The minimum atomic E-state index is -0.455. The smallest absolute Gasteiger partial charge is 0.269 e. The van der Waals surface area contributed by atoms with Gasteiger partial charge < -0.3 is 8.90 Å². The van der Waals surface area contributed by atoms with Crippen molar-refractivity contribution < 1.29 is 13.8 Å². The van der Waals surface area contributed by atoms with Gasteiger partial charge in [0.1, 0.15) is 17.9 Å². The lowest BCUT2D eigenvalue weighted by Gasteiger charge is -2.35. The summed E-state index contributed by atoms with van der Waals surface area (Å²) in [5.41, 5.74) is 2.16. The summed E-state index contributed by atoms with van der Waals surface area (Å²) in [5.74, 6) is 0.404. The Morgan fingerprint density at radius 2 is 1.61 bits per heavy atom. The molecule has 0 fully saturated rings. The van der Waals surface area contributed by atoms with Crippen molar-refractivity contribution in [1.29, 1.82) is 0 Å². The van der Waals surface area contributed by atoms with Crippen LogP contribution >= 0.6 is 0 Å². The van der Waals surface area contributed by atoms with Crippen molar-refractivity contribution in [3.8, 4) is 11.3 Å². The minimum Gasteiger partial charge on any atom is -0.456 e. The summed E-state index contributed by atoms with van der Waals surface area (Å²) < 4.78 is 6.89. The molecule has 0 saturated heterocycles. The lowest BCUT2D eigenvalue weighted by atomic mass is 10.1. The highest BCUT2D eigenvalue weighted by molar-refractivity contribution is 5.79. The van der Waals surface area contributed by atoms with E-state index < -0.39 is 4.92 Å². The van der Waals surface area contributed by atoms with Crippen molar-refractivity contribution in [1.82, 2.24) is 0 Å². The highest BCUT2D eigenvalue weighted by Gasteiger charge is 2.21. The summed E-state index contributed by atoms with van der Waals surface area (Å²) in [7, 11) is 0. The standard InChI is InChI=1S/C22H25N2O4/c1-4-24(5-2,6-3)15-16-7-12-21-19(13-16)20(25)14-22(28-21)17-8-10-18(11-9-17)23(26)27/h7-14H,4-6,15H2,1-3H3/q+1. The van der Waals surface area contributed by atoms with E-state index in [2.05, 4.69) is 20.8 Å². The molecule has 0 radical (unpaired) electrons.